The molecule has 2 aliphatic rings. The van der Waals surface area contributed by atoms with Crippen molar-refractivity contribution in [2.75, 3.05) is 44.2 Å². The van der Waals surface area contributed by atoms with Crippen LogP contribution in [-0.4, -0.2) is 60.9 Å². The predicted molar refractivity (Wildman–Crippen MR) is 146 cm³/mol. The molecule has 194 valence electrons. The number of nitrogens with zero attached hydrogens (tertiary/aromatic N) is 3. The van der Waals surface area contributed by atoms with Gasteiger partial charge in [-0.1, -0.05) is 62.2 Å². The lowest BCUT2D eigenvalue weighted by atomic mass is 9.88. The number of benzene rings is 2. The maximum absolute atomic E-state index is 13.8. The smallest absolute Gasteiger partial charge is 0.228 e. The van der Waals surface area contributed by atoms with Crippen LogP contribution in [-0.2, 0) is 9.59 Å². The van der Waals surface area contributed by atoms with Crippen LogP contribution >= 0.6 is 11.6 Å². The number of halogens is 1. The number of piperazine rings is 1. The number of aryl methyl sites for hydroxylation is 1. The second-order valence-electron chi connectivity index (χ2n) is 10.6. The highest BCUT2D eigenvalue weighted by molar-refractivity contribution is 6.30. The van der Waals surface area contributed by atoms with Gasteiger partial charge in [-0.15, -0.1) is 0 Å². The van der Waals surface area contributed by atoms with Gasteiger partial charge >= 0.3 is 0 Å². The van der Waals surface area contributed by atoms with E-state index in [-0.39, 0.29) is 29.7 Å². The van der Waals surface area contributed by atoms with Gasteiger partial charge in [0.15, 0.2) is 0 Å². The number of hydrogen-bond acceptors (Lipinski definition) is 4. The van der Waals surface area contributed by atoms with Gasteiger partial charge < -0.3 is 20.4 Å². The van der Waals surface area contributed by atoms with Crippen molar-refractivity contribution in [2.45, 2.75) is 46.1 Å². The minimum atomic E-state index is -0.238. The number of hydrogen-bond donors (Lipinski definition) is 1. The standard InChI is InChI=1S/C29H39ClN4O2/c1-5-27(35)34-17-24(21-7-9-22(30)10-8-21)25(18-34)29(36)33-14-12-32(13-15-33)26-11-6-20(4)16-23(26)28(31)19(2)3/h6-11,16,19,24-25,28H,5,12-15,17-18,31H2,1-4H3/t24-,25+,28+/m1/s1. The molecule has 0 bridgehead atoms. The van der Waals surface area contributed by atoms with Crippen molar-refractivity contribution >= 4 is 29.1 Å². The van der Waals surface area contributed by atoms with Gasteiger partial charge in [0, 0.05) is 68.4 Å². The zero-order chi connectivity index (χ0) is 26.0. The summed E-state index contributed by atoms with van der Waals surface area (Å²) >= 11 is 6.11. The molecule has 0 saturated carbocycles. The van der Waals surface area contributed by atoms with Crippen molar-refractivity contribution < 1.29 is 9.59 Å². The van der Waals surface area contributed by atoms with Crippen molar-refractivity contribution in [3.8, 4) is 0 Å². The Balaban J connectivity index is 1.49. The molecule has 2 fully saturated rings. The molecule has 2 N–H and O–H groups in total. The lowest BCUT2D eigenvalue weighted by Gasteiger charge is -2.39. The van der Waals surface area contributed by atoms with Gasteiger partial charge in [0.25, 0.3) is 0 Å². The first kappa shape index (κ1) is 26.5. The van der Waals surface area contributed by atoms with Crippen molar-refractivity contribution in [1.82, 2.24) is 9.80 Å². The van der Waals surface area contributed by atoms with E-state index < -0.39 is 0 Å². The highest BCUT2D eigenvalue weighted by Crippen LogP contribution is 2.36. The fourth-order valence-electron chi connectivity index (χ4n) is 5.52. The third-order valence-corrected chi connectivity index (χ3v) is 8.03. The summed E-state index contributed by atoms with van der Waals surface area (Å²) in [6, 6.07) is 14.2. The number of rotatable bonds is 6. The van der Waals surface area contributed by atoms with Crippen molar-refractivity contribution in [3.63, 3.8) is 0 Å². The van der Waals surface area contributed by atoms with Gasteiger partial charge in [-0.25, -0.2) is 0 Å². The first-order valence-corrected chi connectivity index (χ1v) is 13.5. The topological polar surface area (TPSA) is 69.9 Å². The van der Waals surface area contributed by atoms with Gasteiger partial charge in [-0.3, -0.25) is 9.59 Å². The average molecular weight is 511 g/mol. The molecule has 3 atom stereocenters. The third-order valence-electron chi connectivity index (χ3n) is 7.78. The summed E-state index contributed by atoms with van der Waals surface area (Å²) in [5, 5.41) is 0.671. The maximum atomic E-state index is 13.8. The maximum Gasteiger partial charge on any atom is 0.228 e. The van der Waals surface area contributed by atoms with E-state index in [4.69, 9.17) is 17.3 Å². The molecule has 6 nitrogen and oxygen atoms in total. The molecule has 2 aliphatic heterocycles. The van der Waals surface area contributed by atoms with Crippen molar-refractivity contribution in [1.29, 1.82) is 0 Å². The van der Waals surface area contributed by atoms with Crippen molar-refractivity contribution in [3.05, 3.63) is 64.2 Å². The summed E-state index contributed by atoms with van der Waals surface area (Å²) < 4.78 is 0. The van der Waals surface area contributed by atoms with Crippen LogP contribution in [0.5, 0.6) is 0 Å². The number of carbonyl (C=O) groups excluding carboxylic acids is 2. The molecular weight excluding hydrogens is 472 g/mol. The average Bonchev–Trinajstić information content (AvgIpc) is 3.33. The number of anilines is 1. The summed E-state index contributed by atoms with van der Waals surface area (Å²) in [6.07, 6.45) is 0.449. The highest BCUT2D eigenvalue weighted by Gasteiger charge is 2.42. The first-order chi connectivity index (χ1) is 17.2. The van der Waals surface area contributed by atoms with Crippen LogP contribution in [0.4, 0.5) is 5.69 Å². The van der Waals surface area contributed by atoms with Gasteiger partial charge in [0.05, 0.1) is 5.92 Å². The minimum Gasteiger partial charge on any atom is -0.368 e. The SMILES string of the molecule is CCC(=O)N1C[C@H](C(=O)N2CCN(c3ccc(C)cc3[C@@H](N)C(C)C)CC2)[C@@H](c2ccc(Cl)cc2)C1. The molecule has 2 saturated heterocycles. The van der Waals surface area contributed by atoms with Crippen LogP contribution in [0.3, 0.4) is 0 Å². The molecule has 0 radical (unpaired) electrons. The fraction of sp³-hybridized carbons (Fsp3) is 0.517. The van der Waals surface area contributed by atoms with E-state index in [1.165, 1.54) is 16.8 Å². The Morgan fingerprint density at radius 2 is 1.67 bits per heavy atom. The molecule has 0 unspecified atom stereocenters. The molecule has 2 aromatic carbocycles. The summed E-state index contributed by atoms with van der Waals surface area (Å²) in [7, 11) is 0. The molecule has 36 heavy (non-hydrogen) atoms. The molecular formula is C29H39ClN4O2. The molecule has 4 rings (SSSR count). The van der Waals surface area contributed by atoms with Crippen LogP contribution in [0, 0.1) is 18.8 Å². The molecule has 2 aromatic rings. The number of carbonyl (C=O) groups is 2. The normalized spacial score (nSPS) is 21.2. The first-order valence-electron chi connectivity index (χ1n) is 13.1. The summed E-state index contributed by atoms with van der Waals surface area (Å²) in [5.74, 6) is 0.328. The molecule has 0 aromatic heterocycles. The number of nitrogens with two attached hydrogens (primary N) is 1. The summed E-state index contributed by atoms with van der Waals surface area (Å²) in [4.78, 5) is 32.5. The lowest BCUT2D eigenvalue weighted by molar-refractivity contribution is -0.136. The largest absolute Gasteiger partial charge is 0.368 e. The Kier molecular flexibility index (Phi) is 8.26. The molecule has 2 heterocycles. The highest BCUT2D eigenvalue weighted by atomic mass is 35.5. The van der Waals surface area contributed by atoms with E-state index in [1.807, 2.05) is 41.0 Å². The van der Waals surface area contributed by atoms with E-state index in [9.17, 15) is 9.59 Å². The van der Waals surface area contributed by atoms with E-state index in [1.54, 1.807) is 0 Å². The molecule has 7 heteroatoms. The zero-order valence-corrected chi connectivity index (χ0v) is 22.7. The van der Waals surface area contributed by atoms with E-state index in [0.29, 0.717) is 43.5 Å². The van der Waals surface area contributed by atoms with Gasteiger partial charge in [0.2, 0.25) is 11.8 Å². The Morgan fingerprint density at radius 1 is 1.00 bits per heavy atom. The van der Waals surface area contributed by atoms with E-state index in [0.717, 1.165) is 18.7 Å². The monoisotopic (exact) mass is 510 g/mol. The van der Waals surface area contributed by atoms with Crippen LogP contribution in [0.1, 0.15) is 55.8 Å². The van der Waals surface area contributed by atoms with E-state index in [2.05, 4.69) is 43.9 Å². The van der Waals surface area contributed by atoms with Crippen LogP contribution in [0.15, 0.2) is 42.5 Å². The summed E-state index contributed by atoms with van der Waals surface area (Å²) in [5.41, 5.74) is 11.2. The Bertz CT molecular complexity index is 1080. The van der Waals surface area contributed by atoms with Crippen LogP contribution < -0.4 is 10.6 Å². The van der Waals surface area contributed by atoms with Gasteiger partial charge in [0.1, 0.15) is 0 Å². The Hall–Kier alpha value is -2.57. The Labute approximate surface area is 220 Å². The minimum absolute atomic E-state index is 0.0176. The third kappa shape index (κ3) is 5.55. The number of likely N-dealkylation sites (tertiary alicyclic amines) is 1. The second-order valence-corrected chi connectivity index (χ2v) is 11.0. The zero-order valence-electron chi connectivity index (χ0n) is 21.9. The van der Waals surface area contributed by atoms with Crippen LogP contribution in [0.25, 0.3) is 0 Å². The van der Waals surface area contributed by atoms with Crippen LogP contribution in [0.2, 0.25) is 5.02 Å². The fourth-order valence-corrected chi connectivity index (χ4v) is 5.65. The van der Waals surface area contributed by atoms with E-state index >= 15 is 0 Å². The van der Waals surface area contributed by atoms with Gasteiger partial charge in [-0.2, -0.15) is 0 Å². The molecule has 0 spiro atoms. The predicted octanol–water partition coefficient (Wildman–Crippen LogP) is 4.61. The Morgan fingerprint density at radius 3 is 2.28 bits per heavy atom. The summed E-state index contributed by atoms with van der Waals surface area (Å²) in [6.45, 7) is 12.2. The molecule has 0 aliphatic carbocycles. The van der Waals surface area contributed by atoms with Crippen molar-refractivity contribution in [2.24, 2.45) is 17.6 Å². The quantitative estimate of drug-likeness (QED) is 0.616. The molecule has 2 amide bonds. The number of amides is 2. The lowest BCUT2D eigenvalue weighted by Crippen LogP contribution is -2.51. The second kappa shape index (κ2) is 11.2. The van der Waals surface area contributed by atoms with Gasteiger partial charge in [-0.05, 0) is 42.2 Å².